The van der Waals surface area contributed by atoms with Crippen molar-refractivity contribution in [3.63, 3.8) is 0 Å². The Bertz CT molecular complexity index is 1440. The molecule has 0 aliphatic carbocycles. The fourth-order valence-electron chi connectivity index (χ4n) is 4.56. The SMILES string of the molecule is O=c1c(O[C@H]2O[C@@H](CO[C@H]3OC[C@@H](O)[C@@H](O)[C@@H]3O)[C@H](O)[C@@H](O)[C@@H]2O)c(-c2ccc(O)cc2)oc2cc(O)cc(O)c12. The molecule has 0 saturated carbocycles. The van der Waals surface area contributed by atoms with Gasteiger partial charge in [0, 0.05) is 17.7 Å². The van der Waals surface area contributed by atoms with Gasteiger partial charge in [0.05, 0.1) is 13.2 Å². The maximum atomic E-state index is 13.5. The lowest BCUT2D eigenvalue weighted by Gasteiger charge is -2.41. The van der Waals surface area contributed by atoms with E-state index in [1.54, 1.807) is 0 Å². The molecule has 3 aromatic rings. The second kappa shape index (κ2) is 11.4. The number of rotatable bonds is 6. The molecule has 41 heavy (non-hydrogen) atoms. The van der Waals surface area contributed by atoms with Crippen molar-refractivity contribution in [3.05, 3.63) is 46.6 Å². The Labute approximate surface area is 230 Å². The molecule has 222 valence electrons. The average molecular weight is 580 g/mol. The maximum Gasteiger partial charge on any atom is 0.239 e. The van der Waals surface area contributed by atoms with Gasteiger partial charge in [0.1, 0.15) is 70.9 Å². The van der Waals surface area contributed by atoms with Crippen molar-refractivity contribution in [2.45, 2.75) is 55.3 Å². The fourth-order valence-corrected chi connectivity index (χ4v) is 4.56. The normalized spacial score (nSPS) is 32.2. The zero-order valence-electron chi connectivity index (χ0n) is 21.0. The summed E-state index contributed by atoms with van der Waals surface area (Å²) in [5, 5.41) is 90.6. The standard InChI is InChI=1S/C26H28O15/c27-10-3-1-9(2-4-10)23-24(19(33)16-12(29)5-11(28)6-14(16)39-23)41-26-22(36)20(34)18(32)15(40-26)8-38-25-21(35)17(31)13(30)7-37-25/h1-6,13,15,17-18,20-22,25-32,34-36H,7-8H2/t13-,15+,17-,18+,20-,21+,22+,25-,26-/m1/s1. The van der Waals surface area contributed by atoms with E-state index in [2.05, 4.69) is 0 Å². The molecule has 0 unspecified atom stereocenters. The van der Waals surface area contributed by atoms with E-state index in [4.69, 9.17) is 23.4 Å². The first-order valence-corrected chi connectivity index (χ1v) is 12.4. The zero-order valence-corrected chi connectivity index (χ0v) is 21.0. The van der Waals surface area contributed by atoms with E-state index in [9.17, 15) is 50.8 Å². The summed E-state index contributed by atoms with van der Waals surface area (Å²) < 4.78 is 27.6. The Morgan fingerprint density at radius 1 is 0.805 bits per heavy atom. The van der Waals surface area contributed by atoms with E-state index in [0.717, 1.165) is 12.1 Å². The van der Waals surface area contributed by atoms with Gasteiger partial charge in [-0.05, 0) is 24.3 Å². The van der Waals surface area contributed by atoms with Crippen molar-refractivity contribution < 1.29 is 69.3 Å². The van der Waals surface area contributed by atoms with Gasteiger partial charge in [-0.3, -0.25) is 4.79 Å². The molecule has 0 radical (unpaired) electrons. The molecule has 2 aliphatic heterocycles. The van der Waals surface area contributed by atoms with Crippen LogP contribution in [0.1, 0.15) is 0 Å². The molecule has 2 aliphatic rings. The third-order valence-electron chi connectivity index (χ3n) is 6.83. The van der Waals surface area contributed by atoms with E-state index < -0.39 is 84.6 Å². The molecule has 15 nitrogen and oxygen atoms in total. The first kappa shape index (κ1) is 29.0. The first-order valence-electron chi connectivity index (χ1n) is 12.4. The van der Waals surface area contributed by atoms with Gasteiger partial charge in [-0.1, -0.05) is 0 Å². The molecular weight excluding hydrogens is 552 g/mol. The Morgan fingerprint density at radius 2 is 1.49 bits per heavy atom. The van der Waals surface area contributed by atoms with Crippen LogP contribution in [0.25, 0.3) is 22.3 Å². The quantitative estimate of drug-likeness (QED) is 0.156. The third-order valence-corrected chi connectivity index (χ3v) is 6.83. The van der Waals surface area contributed by atoms with Crippen molar-refractivity contribution in [3.8, 4) is 34.3 Å². The molecule has 9 N–H and O–H groups in total. The van der Waals surface area contributed by atoms with Crippen molar-refractivity contribution in [1.82, 2.24) is 0 Å². The average Bonchev–Trinajstić information content (AvgIpc) is 2.93. The lowest BCUT2D eigenvalue weighted by atomic mass is 9.99. The summed E-state index contributed by atoms with van der Waals surface area (Å²) in [4.78, 5) is 13.5. The Hall–Kier alpha value is -3.51. The van der Waals surface area contributed by atoms with Crippen LogP contribution in [-0.4, -0.2) is 114 Å². The van der Waals surface area contributed by atoms with Crippen molar-refractivity contribution in [2.75, 3.05) is 13.2 Å². The highest BCUT2D eigenvalue weighted by Crippen LogP contribution is 2.37. The van der Waals surface area contributed by atoms with Crippen LogP contribution < -0.4 is 10.2 Å². The molecule has 0 amide bonds. The van der Waals surface area contributed by atoms with Crippen LogP contribution in [0.15, 0.2) is 45.6 Å². The van der Waals surface area contributed by atoms with E-state index in [0.29, 0.717) is 0 Å². The number of ether oxygens (including phenoxy) is 4. The van der Waals surface area contributed by atoms with Crippen LogP contribution in [0.5, 0.6) is 23.0 Å². The van der Waals surface area contributed by atoms with Gasteiger partial charge in [0.15, 0.2) is 12.1 Å². The summed E-state index contributed by atoms with van der Waals surface area (Å²) in [6.45, 7) is -0.918. The molecule has 2 aromatic carbocycles. The highest BCUT2D eigenvalue weighted by atomic mass is 16.7. The van der Waals surface area contributed by atoms with Gasteiger partial charge < -0.3 is 69.3 Å². The highest BCUT2D eigenvalue weighted by molar-refractivity contribution is 5.88. The van der Waals surface area contributed by atoms with Crippen LogP contribution in [0.3, 0.4) is 0 Å². The summed E-state index contributed by atoms with van der Waals surface area (Å²) in [6, 6.07) is 7.33. The molecule has 9 atom stereocenters. The molecular formula is C26H28O15. The van der Waals surface area contributed by atoms with Gasteiger partial charge in [0.2, 0.25) is 17.5 Å². The zero-order chi connectivity index (χ0) is 29.6. The van der Waals surface area contributed by atoms with E-state index in [1.807, 2.05) is 0 Å². The van der Waals surface area contributed by atoms with Crippen LogP contribution >= 0.6 is 0 Å². The number of benzene rings is 2. The lowest BCUT2D eigenvalue weighted by molar-refractivity contribution is -0.307. The Kier molecular flexibility index (Phi) is 8.06. The molecule has 2 fully saturated rings. The summed E-state index contributed by atoms with van der Waals surface area (Å²) >= 11 is 0. The van der Waals surface area contributed by atoms with Gasteiger partial charge in [-0.25, -0.2) is 0 Å². The van der Waals surface area contributed by atoms with Crippen molar-refractivity contribution in [1.29, 1.82) is 0 Å². The predicted octanol–water partition coefficient (Wildman–Crippen LogP) is -1.78. The fraction of sp³-hybridized carbons (Fsp3) is 0.423. The summed E-state index contributed by atoms with van der Waals surface area (Å²) in [5.41, 5.74) is -0.954. The molecule has 3 heterocycles. The van der Waals surface area contributed by atoms with E-state index >= 15 is 0 Å². The van der Waals surface area contributed by atoms with Crippen molar-refractivity contribution >= 4 is 11.0 Å². The molecule has 1 aromatic heterocycles. The molecule has 15 heteroatoms. The van der Waals surface area contributed by atoms with Crippen LogP contribution in [0.4, 0.5) is 0 Å². The Morgan fingerprint density at radius 3 is 2.20 bits per heavy atom. The Balaban J connectivity index is 1.46. The number of hydrogen-bond acceptors (Lipinski definition) is 15. The van der Waals surface area contributed by atoms with Gasteiger partial charge in [-0.2, -0.15) is 0 Å². The largest absolute Gasteiger partial charge is 0.508 e. The van der Waals surface area contributed by atoms with E-state index in [-0.39, 0.29) is 34.6 Å². The molecule has 0 spiro atoms. The lowest BCUT2D eigenvalue weighted by Crippen LogP contribution is -2.61. The number of fused-ring (bicyclic) bond motifs is 1. The molecule has 0 bridgehead atoms. The predicted molar refractivity (Wildman–Crippen MR) is 134 cm³/mol. The molecule has 2 saturated heterocycles. The number of hydrogen-bond donors (Lipinski definition) is 9. The number of aliphatic hydroxyl groups excluding tert-OH is 6. The first-order chi connectivity index (χ1) is 19.5. The second-order valence-electron chi connectivity index (χ2n) is 9.69. The summed E-state index contributed by atoms with van der Waals surface area (Å²) in [6.07, 6.45) is -14.8. The van der Waals surface area contributed by atoms with Gasteiger partial charge >= 0.3 is 0 Å². The topological polar surface area (TPSA) is 249 Å². The minimum absolute atomic E-state index is 0.102. The number of phenols is 3. The number of phenolic OH excluding ortho intramolecular Hbond substituents is 3. The van der Waals surface area contributed by atoms with Crippen molar-refractivity contribution in [2.24, 2.45) is 0 Å². The maximum absolute atomic E-state index is 13.5. The summed E-state index contributed by atoms with van der Waals surface area (Å²) in [5.74, 6) is -1.97. The third kappa shape index (κ3) is 5.54. The molecule has 5 rings (SSSR count). The second-order valence-corrected chi connectivity index (χ2v) is 9.69. The smallest absolute Gasteiger partial charge is 0.239 e. The number of aliphatic hydroxyl groups is 6. The summed E-state index contributed by atoms with van der Waals surface area (Å²) in [7, 11) is 0. The monoisotopic (exact) mass is 580 g/mol. The van der Waals surface area contributed by atoms with Gasteiger partial charge in [-0.15, -0.1) is 0 Å². The number of aromatic hydroxyl groups is 3. The van der Waals surface area contributed by atoms with E-state index in [1.165, 1.54) is 24.3 Å². The highest BCUT2D eigenvalue weighted by Gasteiger charge is 2.47. The van der Waals surface area contributed by atoms with Crippen LogP contribution in [-0.2, 0) is 14.2 Å². The van der Waals surface area contributed by atoms with Gasteiger partial charge in [0.25, 0.3) is 0 Å². The minimum atomic E-state index is -1.91. The van der Waals surface area contributed by atoms with Crippen LogP contribution in [0, 0.1) is 0 Å². The minimum Gasteiger partial charge on any atom is -0.508 e. The van der Waals surface area contributed by atoms with Crippen LogP contribution in [0.2, 0.25) is 0 Å².